The maximum atomic E-state index is 6.10. The molecule has 2 atom stereocenters. The van der Waals surface area contributed by atoms with Gasteiger partial charge >= 0.3 is 0 Å². The fourth-order valence-corrected chi connectivity index (χ4v) is 6.34. The molecule has 0 heterocycles. The Kier molecular flexibility index (Phi) is 26.8. The number of methoxy groups -OCH3 is 6. The maximum Gasteiger partial charge on any atom is 0.282 e. The molecule has 8 heteroatoms. The molecule has 0 aromatic rings. The molecule has 0 aromatic heterocycles. The zero-order valence-corrected chi connectivity index (χ0v) is 29.2. The number of nitrogens with two attached hydrogens (primary N) is 1. The molecule has 2 unspecified atom stereocenters. The van der Waals surface area contributed by atoms with Crippen LogP contribution in [0.4, 0.5) is 0 Å². The molecular formula is C34H72N2O6. The molecule has 0 bridgehead atoms. The first kappa shape index (κ1) is 41.7. The van der Waals surface area contributed by atoms with Gasteiger partial charge in [0.2, 0.25) is 0 Å². The first-order valence-corrected chi connectivity index (χ1v) is 17.2. The Balaban J connectivity index is 4.24. The summed E-state index contributed by atoms with van der Waals surface area (Å²) in [6, 6.07) is 1.31. The molecule has 0 spiro atoms. The number of ether oxygens (including phenoxy) is 6. The molecular weight excluding hydrogens is 532 g/mol. The molecule has 0 radical (unpaired) electrons. The van der Waals surface area contributed by atoms with E-state index in [9.17, 15) is 0 Å². The Bertz CT molecular complexity index is 512. The van der Waals surface area contributed by atoms with Gasteiger partial charge in [-0.3, -0.25) is 4.90 Å². The SMILES string of the molecule is CCC(CCCCCCCCCC(OC)(OC)OC)N(CCN)C(CC)CCCCCCCCCC(OC)(OC)OC. The Labute approximate surface area is 261 Å². The number of hydrogen-bond donors (Lipinski definition) is 1. The van der Waals surface area contributed by atoms with Gasteiger partial charge in [-0.05, 0) is 38.5 Å². The van der Waals surface area contributed by atoms with Crippen molar-refractivity contribution < 1.29 is 28.4 Å². The van der Waals surface area contributed by atoms with Crippen LogP contribution in [-0.4, -0.2) is 84.7 Å². The fraction of sp³-hybridized carbons (Fsp3) is 1.00. The van der Waals surface area contributed by atoms with E-state index >= 15 is 0 Å². The van der Waals surface area contributed by atoms with Crippen molar-refractivity contribution in [2.24, 2.45) is 5.73 Å². The Morgan fingerprint density at radius 2 is 0.762 bits per heavy atom. The van der Waals surface area contributed by atoms with E-state index in [1.54, 1.807) is 42.7 Å². The van der Waals surface area contributed by atoms with Crippen LogP contribution in [0.3, 0.4) is 0 Å². The van der Waals surface area contributed by atoms with E-state index in [0.717, 1.165) is 38.8 Å². The normalized spacial score (nSPS) is 14.1. The lowest BCUT2D eigenvalue weighted by Crippen LogP contribution is -2.45. The average Bonchev–Trinajstić information content (AvgIpc) is 3.03. The molecule has 0 saturated heterocycles. The quantitative estimate of drug-likeness (QED) is 0.0610. The van der Waals surface area contributed by atoms with Crippen LogP contribution in [0, 0.1) is 0 Å². The lowest BCUT2D eigenvalue weighted by atomic mass is 9.97. The van der Waals surface area contributed by atoms with Crippen LogP contribution in [-0.2, 0) is 28.4 Å². The number of rotatable bonds is 32. The molecule has 0 fully saturated rings. The molecule has 0 saturated carbocycles. The molecule has 0 aliphatic heterocycles. The van der Waals surface area contributed by atoms with Crippen LogP contribution in [0.5, 0.6) is 0 Å². The van der Waals surface area contributed by atoms with E-state index in [1.165, 1.54) is 103 Å². The standard InChI is InChI=1S/C34H72N2O6/c1-9-31(25-21-17-13-11-15-19-23-27-33(37-3,38-4)39-5)36(30-29-35)32(10-2)26-22-18-14-12-16-20-24-28-34(40-6,41-7)42-8/h31-32H,9-30,35H2,1-8H3. The van der Waals surface area contributed by atoms with E-state index in [4.69, 9.17) is 34.2 Å². The summed E-state index contributed by atoms with van der Waals surface area (Å²) in [7, 11) is 9.83. The largest absolute Gasteiger partial charge is 0.331 e. The molecule has 42 heavy (non-hydrogen) atoms. The van der Waals surface area contributed by atoms with Crippen LogP contribution in [0.25, 0.3) is 0 Å². The van der Waals surface area contributed by atoms with Crippen molar-refractivity contribution in [3.8, 4) is 0 Å². The van der Waals surface area contributed by atoms with Crippen LogP contribution < -0.4 is 5.73 Å². The number of nitrogens with zero attached hydrogens (tertiary/aromatic N) is 1. The molecule has 254 valence electrons. The molecule has 0 amide bonds. The van der Waals surface area contributed by atoms with Gasteiger partial charge in [0, 0.05) is 80.7 Å². The second-order valence-electron chi connectivity index (χ2n) is 11.8. The summed E-state index contributed by atoms with van der Waals surface area (Å²) in [5, 5.41) is 0. The van der Waals surface area contributed by atoms with Crippen LogP contribution >= 0.6 is 0 Å². The van der Waals surface area contributed by atoms with Crippen molar-refractivity contribution in [3.63, 3.8) is 0 Å². The van der Waals surface area contributed by atoms with Gasteiger partial charge in [0.1, 0.15) is 0 Å². The molecule has 0 aliphatic rings. The van der Waals surface area contributed by atoms with E-state index < -0.39 is 11.9 Å². The Morgan fingerprint density at radius 3 is 1.02 bits per heavy atom. The highest BCUT2D eigenvalue weighted by Crippen LogP contribution is 2.25. The fourth-order valence-electron chi connectivity index (χ4n) is 6.34. The maximum absolute atomic E-state index is 6.10. The lowest BCUT2D eigenvalue weighted by molar-refractivity contribution is -0.355. The van der Waals surface area contributed by atoms with Crippen molar-refractivity contribution in [1.82, 2.24) is 4.90 Å². The van der Waals surface area contributed by atoms with Gasteiger partial charge in [-0.1, -0.05) is 90.9 Å². The molecule has 2 N–H and O–H groups in total. The summed E-state index contributed by atoms with van der Waals surface area (Å²) in [5.41, 5.74) is 6.10. The summed E-state index contributed by atoms with van der Waals surface area (Å²) in [4.78, 5) is 2.77. The molecule has 0 aliphatic carbocycles. The van der Waals surface area contributed by atoms with Crippen molar-refractivity contribution >= 4 is 0 Å². The third-order valence-corrected chi connectivity index (χ3v) is 9.17. The van der Waals surface area contributed by atoms with Crippen molar-refractivity contribution in [1.29, 1.82) is 0 Å². The Hall–Kier alpha value is -0.320. The van der Waals surface area contributed by atoms with Gasteiger partial charge in [-0.15, -0.1) is 0 Å². The van der Waals surface area contributed by atoms with Crippen LogP contribution in [0.15, 0.2) is 0 Å². The van der Waals surface area contributed by atoms with Gasteiger partial charge in [-0.2, -0.15) is 0 Å². The predicted octanol–water partition coefficient (Wildman–Crippen LogP) is 8.01. The minimum atomic E-state index is -0.880. The average molecular weight is 605 g/mol. The highest BCUT2D eigenvalue weighted by Gasteiger charge is 2.29. The predicted molar refractivity (Wildman–Crippen MR) is 175 cm³/mol. The summed E-state index contributed by atoms with van der Waals surface area (Å²) in [5.74, 6) is -1.76. The zero-order valence-electron chi connectivity index (χ0n) is 29.2. The van der Waals surface area contributed by atoms with E-state index in [1.807, 2.05) is 0 Å². The summed E-state index contributed by atoms with van der Waals surface area (Å²) in [6.07, 6.45) is 24.1. The topological polar surface area (TPSA) is 84.6 Å². The third kappa shape index (κ3) is 17.2. The zero-order chi connectivity index (χ0) is 31.5. The highest BCUT2D eigenvalue weighted by molar-refractivity contribution is 4.79. The monoisotopic (exact) mass is 605 g/mol. The van der Waals surface area contributed by atoms with Gasteiger partial charge in [0.15, 0.2) is 0 Å². The second-order valence-corrected chi connectivity index (χ2v) is 11.8. The van der Waals surface area contributed by atoms with Gasteiger partial charge in [0.05, 0.1) is 0 Å². The van der Waals surface area contributed by atoms with E-state index in [2.05, 4.69) is 18.7 Å². The molecule has 0 rings (SSSR count). The van der Waals surface area contributed by atoms with Gasteiger partial charge in [-0.25, -0.2) is 0 Å². The minimum Gasteiger partial charge on any atom is -0.331 e. The lowest BCUT2D eigenvalue weighted by Gasteiger charge is -2.38. The van der Waals surface area contributed by atoms with Crippen LogP contribution in [0.1, 0.15) is 142 Å². The second kappa shape index (κ2) is 27.0. The first-order valence-electron chi connectivity index (χ1n) is 17.2. The van der Waals surface area contributed by atoms with Crippen molar-refractivity contribution in [3.05, 3.63) is 0 Å². The van der Waals surface area contributed by atoms with Crippen LogP contribution in [0.2, 0.25) is 0 Å². The van der Waals surface area contributed by atoms with E-state index in [0.29, 0.717) is 12.1 Å². The van der Waals surface area contributed by atoms with Gasteiger partial charge < -0.3 is 34.2 Å². The van der Waals surface area contributed by atoms with E-state index in [-0.39, 0.29) is 0 Å². The summed E-state index contributed by atoms with van der Waals surface area (Å²) < 4.78 is 32.3. The number of hydrogen-bond acceptors (Lipinski definition) is 8. The smallest absolute Gasteiger partial charge is 0.282 e. The minimum absolute atomic E-state index is 0.655. The van der Waals surface area contributed by atoms with Crippen molar-refractivity contribution in [2.45, 2.75) is 166 Å². The summed E-state index contributed by atoms with van der Waals surface area (Å²) in [6.45, 7) is 6.49. The molecule has 8 nitrogen and oxygen atoms in total. The summed E-state index contributed by atoms with van der Waals surface area (Å²) >= 11 is 0. The highest BCUT2D eigenvalue weighted by atomic mass is 16.9. The Morgan fingerprint density at radius 1 is 0.476 bits per heavy atom. The third-order valence-electron chi connectivity index (χ3n) is 9.17. The van der Waals surface area contributed by atoms with Gasteiger partial charge in [0.25, 0.3) is 11.9 Å². The molecule has 0 aromatic carbocycles. The van der Waals surface area contributed by atoms with Crippen molar-refractivity contribution in [2.75, 3.05) is 55.7 Å². The first-order chi connectivity index (χ1) is 20.4. The number of unbranched alkanes of at least 4 members (excludes halogenated alkanes) is 12.